The van der Waals surface area contributed by atoms with E-state index in [1.165, 1.54) is 18.2 Å². The molecule has 5 nitrogen and oxygen atoms in total. The predicted molar refractivity (Wildman–Crippen MR) is 131 cm³/mol. The third-order valence-electron chi connectivity index (χ3n) is 7.74. The Bertz CT molecular complexity index is 1230. The Kier molecular flexibility index (Phi) is 7.28. The van der Waals surface area contributed by atoms with Gasteiger partial charge in [0.15, 0.2) is 21.5 Å². The van der Waals surface area contributed by atoms with Crippen LogP contribution in [0.1, 0.15) is 68.3 Å². The van der Waals surface area contributed by atoms with Gasteiger partial charge < -0.3 is 10.4 Å². The minimum Gasteiger partial charge on any atom is -0.390 e. The molecule has 4 atom stereocenters. The van der Waals surface area contributed by atoms with Gasteiger partial charge in [0.1, 0.15) is 0 Å². The van der Waals surface area contributed by atoms with E-state index in [0.29, 0.717) is 24.8 Å². The smallest absolute Gasteiger partial charge is 0.255 e. The van der Waals surface area contributed by atoms with Gasteiger partial charge in [-0.2, -0.15) is 0 Å². The van der Waals surface area contributed by atoms with Crippen LogP contribution in [0.5, 0.6) is 0 Å². The van der Waals surface area contributed by atoms with Gasteiger partial charge in [0.2, 0.25) is 0 Å². The second kappa shape index (κ2) is 9.79. The highest BCUT2D eigenvalue weighted by Crippen LogP contribution is 2.51. The average molecular weight is 526 g/mol. The van der Waals surface area contributed by atoms with Gasteiger partial charge in [-0.3, -0.25) is 4.79 Å². The summed E-state index contributed by atoms with van der Waals surface area (Å²) in [6.45, 7) is 3.78. The summed E-state index contributed by atoms with van der Waals surface area (Å²) in [6.07, 6.45) is 4.38. The van der Waals surface area contributed by atoms with Crippen molar-refractivity contribution in [1.82, 2.24) is 0 Å². The normalized spacial score (nSPS) is 26.1. The number of hydrogen-bond donors (Lipinski definition) is 2. The summed E-state index contributed by atoms with van der Waals surface area (Å²) < 4.78 is 54.3. The first-order valence-electron chi connectivity index (χ1n) is 12.0. The molecule has 0 saturated heterocycles. The van der Waals surface area contributed by atoms with Crippen LogP contribution in [0, 0.1) is 23.5 Å². The molecule has 190 valence electrons. The van der Waals surface area contributed by atoms with Crippen LogP contribution in [-0.2, 0) is 16.3 Å². The van der Waals surface area contributed by atoms with Crippen molar-refractivity contribution in [2.45, 2.75) is 74.5 Å². The van der Waals surface area contributed by atoms with Crippen molar-refractivity contribution in [2.24, 2.45) is 11.8 Å². The van der Waals surface area contributed by atoms with Crippen molar-refractivity contribution in [1.29, 1.82) is 0 Å². The average Bonchev–Trinajstić information content (AvgIpc) is 2.95. The number of fused-ring (bicyclic) bond motifs is 2. The molecule has 2 aromatic rings. The van der Waals surface area contributed by atoms with Gasteiger partial charge in [0.25, 0.3) is 5.91 Å². The van der Waals surface area contributed by atoms with Crippen LogP contribution in [-0.4, -0.2) is 30.3 Å². The van der Waals surface area contributed by atoms with E-state index in [9.17, 15) is 27.1 Å². The second-order valence-electron chi connectivity index (χ2n) is 9.96. The molecule has 0 aliphatic heterocycles. The number of aryl methyl sites for hydroxylation is 1. The zero-order chi connectivity index (χ0) is 25.5. The Hall–Kier alpha value is -2.03. The van der Waals surface area contributed by atoms with Crippen LogP contribution in [0.3, 0.4) is 0 Å². The lowest BCUT2D eigenvalue weighted by Crippen LogP contribution is -2.45. The Balaban J connectivity index is 1.69. The van der Waals surface area contributed by atoms with Crippen molar-refractivity contribution in [2.75, 3.05) is 5.32 Å². The molecule has 2 aliphatic carbocycles. The molecule has 2 N–H and O–H groups in total. The Morgan fingerprint density at radius 1 is 1.14 bits per heavy atom. The van der Waals surface area contributed by atoms with Gasteiger partial charge >= 0.3 is 0 Å². The van der Waals surface area contributed by atoms with Crippen molar-refractivity contribution >= 4 is 33.0 Å². The van der Waals surface area contributed by atoms with E-state index in [1.54, 1.807) is 6.92 Å². The van der Waals surface area contributed by atoms with Crippen LogP contribution in [0.15, 0.2) is 35.2 Å². The van der Waals surface area contributed by atoms with E-state index < -0.39 is 38.2 Å². The second-order valence-corrected chi connectivity index (χ2v) is 12.6. The molecule has 0 spiro atoms. The number of carbonyl (C=O) groups is 1. The number of nitrogens with one attached hydrogen (secondary N) is 1. The lowest BCUT2D eigenvalue weighted by Gasteiger charge is -2.40. The molecule has 2 aromatic carbocycles. The monoisotopic (exact) mass is 525 g/mol. The molecule has 2 bridgehead atoms. The van der Waals surface area contributed by atoms with E-state index in [0.717, 1.165) is 37.8 Å². The molecule has 2 saturated carbocycles. The first-order valence-corrected chi connectivity index (χ1v) is 13.9. The molecule has 0 aromatic heterocycles. The number of unbranched alkanes of at least 4 members (excludes halogenated alkanes) is 1. The van der Waals surface area contributed by atoms with Gasteiger partial charge in [0.05, 0.1) is 20.8 Å². The molecule has 1 amide bonds. The summed E-state index contributed by atoms with van der Waals surface area (Å²) >= 11 is 6.48. The molecule has 2 unspecified atom stereocenters. The number of benzene rings is 2. The van der Waals surface area contributed by atoms with Crippen LogP contribution in [0.25, 0.3) is 0 Å². The Labute approximate surface area is 209 Å². The molecular weight excluding hydrogens is 496 g/mol. The SMILES string of the molecule is CCCCc1cc(Cl)c(S(=O)(=O)C2CC3CC[C@@H](C2)[C@]3(C)O)cc1C(=O)Nc1ccc(F)c(F)c1. The number of sulfone groups is 1. The van der Waals surface area contributed by atoms with Gasteiger partial charge in [0, 0.05) is 17.3 Å². The highest BCUT2D eigenvalue weighted by Gasteiger charge is 2.53. The minimum absolute atomic E-state index is 0.0563. The van der Waals surface area contributed by atoms with Gasteiger partial charge in [-0.25, -0.2) is 17.2 Å². The van der Waals surface area contributed by atoms with Crippen LogP contribution in [0.4, 0.5) is 14.5 Å². The first-order chi connectivity index (χ1) is 16.4. The maximum atomic E-state index is 13.7. The quantitative estimate of drug-likeness (QED) is 0.469. The largest absolute Gasteiger partial charge is 0.390 e. The molecule has 9 heteroatoms. The maximum absolute atomic E-state index is 13.7. The molecule has 2 fully saturated rings. The van der Waals surface area contributed by atoms with Crippen LogP contribution < -0.4 is 5.32 Å². The summed E-state index contributed by atoms with van der Waals surface area (Å²) in [5.41, 5.74) is -0.0878. The number of halogens is 3. The van der Waals surface area contributed by atoms with Crippen molar-refractivity contribution in [3.63, 3.8) is 0 Å². The zero-order valence-electron chi connectivity index (χ0n) is 19.8. The predicted octanol–water partition coefficient (Wildman–Crippen LogP) is 5.93. The molecule has 0 heterocycles. The highest BCUT2D eigenvalue weighted by molar-refractivity contribution is 7.92. The minimum atomic E-state index is -3.88. The lowest BCUT2D eigenvalue weighted by atomic mass is 9.76. The van der Waals surface area contributed by atoms with Gasteiger partial charge in [-0.05, 0) is 87.1 Å². The fourth-order valence-corrected chi connectivity index (χ4v) is 8.02. The Morgan fingerprint density at radius 3 is 2.40 bits per heavy atom. The molecule has 0 radical (unpaired) electrons. The highest BCUT2D eigenvalue weighted by atomic mass is 35.5. The topological polar surface area (TPSA) is 83.5 Å². The fraction of sp³-hybridized carbons (Fsp3) is 0.500. The summed E-state index contributed by atoms with van der Waals surface area (Å²) in [4.78, 5) is 13.1. The number of amides is 1. The van der Waals surface area contributed by atoms with Crippen molar-refractivity contribution < 1.29 is 27.1 Å². The summed E-state index contributed by atoms with van der Waals surface area (Å²) in [6, 6.07) is 5.85. The standard InChI is InChI=1S/C26H30ClF2NO4S/c1-3-4-5-15-10-21(27)24(14-20(15)25(31)30-18-8-9-22(28)23(29)13-18)35(33,34)19-11-16-6-7-17(12-19)26(16,2)32/h8-10,13-14,16-17,19,32H,3-7,11-12H2,1-2H3,(H,30,31)/t16-,17?,19?,26-/m0/s1. The lowest BCUT2D eigenvalue weighted by molar-refractivity contribution is -0.0413. The zero-order valence-corrected chi connectivity index (χ0v) is 21.4. The molecule has 35 heavy (non-hydrogen) atoms. The van der Waals surface area contributed by atoms with Crippen LogP contribution in [0.2, 0.25) is 5.02 Å². The first kappa shape index (κ1) is 26.0. The van der Waals surface area contributed by atoms with Gasteiger partial charge in [-0.15, -0.1) is 0 Å². The van der Waals surface area contributed by atoms with E-state index in [2.05, 4.69) is 5.32 Å². The Morgan fingerprint density at radius 2 is 1.80 bits per heavy atom. The number of carbonyl (C=O) groups excluding carboxylic acids is 1. The van der Waals surface area contributed by atoms with E-state index in [4.69, 9.17) is 11.6 Å². The third-order valence-corrected chi connectivity index (χ3v) is 10.4. The molecule has 4 rings (SSSR count). The molecule has 2 aliphatic rings. The third kappa shape index (κ3) is 4.98. The summed E-state index contributed by atoms with van der Waals surface area (Å²) in [5.74, 6) is -2.95. The van der Waals surface area contributed by atoms with E-state index in [1.807, 2.05) is 6.92 Å². The molecular formula is C26H30ClF2NO4S. The maximum Gasteiger partial charge on any atom is 0.255 e. The number of hydrogen-bond acceptors (Lipinski definition) is 4. The van der Waals surface area contributed by atoms with Crippen LogP contribution >= 0.6 is 11.6 Å². The van der Waals surface area contributed by atoms with Gasteiger partial charge in [-0.1, -0.05) is 24.9 Å². The van der Waals surface area contributed by atoms with Crippen molar-refractivity contribution in [3.8, 4) is 0 Å². The number of rotatable bonds is 7. The summed E-state index contributed by atoms with van der Waals surface area (Å²) in [7, 11) is -3.88. The van der Waals surface area contributed by atoms with E-state index >= 15 is 0 Å². The summed E-state index contributed by atoms with van der Waals surface area (Å²) in [5, 5.41) is 12.7. The van der Waals surface area contributed by atoms with E-state index in [-0.39, 0.29) is 33.0 Å². The number of anilines is 1. The number of aliphatic hydroxyl groups is 1. The fourth-order valence-electron chi connectivity index (χ4n) is 5.57. The van der Waals surface area contributed by atoms with Crippen molar-refractivity contribution in [3.05, 3.63) is 58.1 Å².